The highest BCUT2D eigenvalue weighted by Crippen LogP contribution is 2.31. The van der Waals surface area contributed by atoms with Gasteiger partial charge in [-0.1, -0.05) is 29.8 Å². The summed E-state index contributed by atoms with van der Waals surface area (Å²) >= 11 is 6.01. The first-order chi connectivity index (χ1) is 14.2. The van der Waals surface area contributed by atoms with Gasteiger partial charge in [0.1, 0.15) is 0 Å². The van der Waals surface area contributed by atoms with Gasteiger partial charge in [0.05, 0.1) is 11.4 Å². The summed E-state index contributed by atoms with van der Waals surface area (Å²) in [6.07, 6.45) is 2.47. The third kappa shape index (κ3) is 6.23. The van der Waals surface area contributed by atoms with Crippen molar-refractivity contribution < 1.29 is 9.59 Å². The van der Waals surface area contributed by atoms with E-state index in [2.05, 4.69) is 15.5 Å². The molecule has 6 heteroatoms. The van der Waals surface area contributed by atoms with Crippen molar-refractivity contribution in [3.63, 3.8) is 0 Å². The van der Waals surface area contributed by atoms with Gasteiger partial charge in [0, 0.05) is 35.6 Å². The Labute approximate surface area is 183 Å². The number of anilines is 2. The zero-order valence-electron chi connectivity index (χ0n) is 17.9. The van der Waals surface area contributed by atoms with Gasteiger partial charge < -0.3 is 15.5 Å². The molecule has 1 aliphatic heterocycles. The summed E-state index contributed by atoms with van der Waals surface area (Å²) in [7, 11) is 0. The molecule has 30 heavy (non-hydrogen) atoms. The standard InChI is InChI=1S/C24H30ClN3O2/c1-24(2,3)27-22(29)15-17-11-13-28(14-12-17)21-10-5-4-9-20(21)26-23(30)18-7-6-8-19(25)16-18/h4-10,16-17H,11-15H2,1-3H3,(H,26,30)(H,27,29). The van der Waals surface area contributed by atoms with E-state index in [-0.39, 0.29) is 17.4 Å². The van der Waals surface area contributed by atoms with E-state index in [9.17, 15) is 9.59 Å². The number of hydrogen-bond acceptors (Lipinski definition) is 3. The smallest absolute Gasteiger partial charge is 0.255 e. The SMILES string of the molecule is CC(C)(C)NC(=O)CC1CCN(c2ccccc2NC(=O)c2cccc(Cl)c2)CC1. The van der Waals surface area contributed by atoms with Gasteiger partial charge >= 0.3 is 0 Å². The Kier molecular flexibility index (Phi) is 7.03. The van der Waals surface area contributed by atoms with E-state index in [0.29, 0.717) is 22.9 Å². The summed E-state index contributed by atoms with van der Waals surface area (Å²) in [5.41, 5.74) is 2.12. The van der Waals surface area contributed by atoms with E-state index in [1.165, 1.54) is 0 Å². The number of amides is 2. The van der Waals surface area contributed by atoms with E-state index in [4.69, 9.17) is 11.6 Å². The van der Waals surface area contributed by atoms with Crippen LogP contribution in [0, 0.1) is 5.92 Å². The maximum absolute atomic E-state index is 12.7. The van der Waals surface area contributed by atoms with Crippen molar-refractivity contribution >= 4 is 34.8 Å². The van der Waals surface area contributed by atoms with Crippen molar-refractivity contribution in [3.05, 3.63) is 59.1 Å². The summed E-state index contributed by atoms with van der Waals surface area (Å²) in [6.45, 7) is 7.72. The average Bonchev–Trinajstić information content (AvgIpc) is 2.67. The molecule has 160 valence electrons. The van der Waals surface area contributed by atoms with Crippen LogP contribution in [0.25, 0.3) is 0 Å². The molecule has 1 saturated heterocycles. The predicted octanol–water partition coefficient (Wildman–Crippen LogP) is 5.11. The maximum atomic E-state index is 12.7. The molecule has 2 N–H and O–H groups in total. The summed E-state index contributed by atoms with van der Waals surface area (Å²) < 4.78 is 0. The highest BCUT2D eigenvalue weighted by Gasteiger charge is 2.24. The summed E-state index contributed by atoms with van der Waals surface area (Å²) in [4.78, 5) is 27.2. The third-order valence-electron chi connectivity index (χ3n) is 5.18. The molecule has 3 rings (SSSR count). The Morgan fingerprint density at radius 1 is 1.07 bits per heavy atom. The second-order valence-electron chi connectivity index (χ2n) is 8.91. The third-order valence-corrected chi connectivity index (χ3v) is 5.42. The van der Waals surface area contributed by atoms with Gasteiger partial charge in [0.15, 0.2) is 0 Å². The quantitative estimate of drug-likeness (QED) is 0.696. The first kappa shape index (κ1) is 22.2. The van der Waals surface area contributed by atoms with Crippen molar-refractivity contribution in [2.24, 2.45) is 5.92 Å². The number of rotatable bonds is 5. The topological polar surface area (TPSA) is 61.4 Å². The lowest BCUT2D eigenvalue weighted by molar-refractivity contribution is -0.123. The monoisotopic (exact) mass is 427 g/mol. The number of carbonyl (C=O) groups excluding carboxylic acids is 2. The molecule has 0 radical (unpaired) electrons. The van der Waals surface area contributed by atoms with E-state index in [0.717, 1.165) is 37.3 Å². The van der Waals surface area contributed by atoms with Crippen LogP contribution in [0.15, 0.2) is 48.5 Å². The Morgan fingerprint density at radius 3 is 2.43 bits per heavy atom. The van der Waals surface area contributed by atoms with Crippen LogP contribution in [-0.2, 0) is 4.79 Å². The van der Waals surface area contributed by atoms with Gasteiger partial charge in [-0.15, -0.1) is 0 Å². The number of nitrogens with one attached hydrogen (secondary N) is 2. The zero-order chi connectivity index (χ0) is 21.7. The van der Waals surface area contributed by atoms with E-state index in [1.807, 2.05) is 45.0 Å². The molecule has 0 aromatic heterocycles. The largest absolute Gasteiger partial charge is 0.370 e. The number of nitrogens with zero attached hydrogens (tertiary/aromatic N) is 1. The van der Waals surface area contributed by atoms with Crippen LogP contribution >= 0.6 is 11.6 Å². The number of hydrogen-bond donors (Lipinski definition) is 2. The second kappa shape index (κ2) is 9.52. The molecule has 0 spiro atoms. The predicted molar refractivity (Wildman–Crippen MR) is 123 cm³/mol. The highest BCUT2D eigenvalue weighted by atomic mass is 35.5. The highest BCUT2D eigenvalue weighted by molar-refractivity contribution is 6.31. The number of para-hydroxylation sites is 2. The molecule has 1 heterocycles. The maximum Gasteiger partial charge on any atom is 0.255 e. The molecule has 1 fully saturated rings. The lowest BCUT2D eigenvalue weighted by atomic mass is 9.92. The fourth-order valence-electron chi connectivity index (χ4n) is 3.79. The molecular weight excluding hydrogens is 398 g/mol. The first-order valence-electron chi connectivity index (χ1n) is 10.4. The Hall–Kier alpha value is -2.53. The summed E-state index contributed by atoms with van der Waals surface area (Å²) in [6, 6.07) is 14.8. The van der Waals surface area contributed by atoms with Gasteiger partial charge in [-0.2, -0.15) is 0 Å². The number of halogens is 1. The molecule has 2 amide bonds. The Bertz CT molecular complexity index is 899. The minimum absolute atomic E-state index is 0.120. The molecule has 2 aromatic carbocycles. The fraction of sp³-hybridized carbons (Fsp3) is 0.417. The molecule has 0 aliphatic carbocycles. The van der Waals surface area contributed by atoms with Crippen LogP contribution in [0.5, 0.6) is 0 Å². The summed E-state index contributed by atoms with van der Waals surface area (Å²) in [5, 5.41) is 6.60. The van der Waals surface area contributed by atoms with E-state index < -0.39 is 0 Å². The number of benzene rings is 2. The molecule has 0 atom stereocenters. The molecule has 1 aliphatic rings. The van der Waals surface area contributed by atoms with Crippen molar-refractivity contribution in [1.29, 1.82) is 0 Å². The normalized spacial score (nSPS) is 15.0. The van der Waals surface area contributed by atoms with E-state index in [1.54, 1.807) is 24.3 Å². The number of carbonyl (C=O) groups is 2. The zero-order valence-corrected chi connectivity index (χ0v) is 18.6. The lowest BCUT2D eigenvalue weighted by Crippen LogP contribution is -2.42. The minimum atomic E-state index is -0.197. The minimum Gasteiger partial charge on any atom is -0.370 e. The van der Waals surface area contributed by atoms with Gasteiger partial charge in [-0.3, -0.25) is 9.59 Å². The van der Waals surface area contributed by atoms with Crippen LogP contribution in [0.1, 0.15) is 50.4 Å². The molecule has 0 saturated carbocycles. The van der Waals surface area contributed by atoms with E-state index >= 15 is 0 Å². The second-order valence-corrected chi connectivity index (χ2v) is 9.35. The lowest BCUT2D eigenvalue weighted by Gasteiger charge is -2.35. The van der Waals surface area contributed by atoms with Crippen LogP contribution in [0.3, 0.4) is 0 Å². The Morgan fingerprint density at radius 2 is 1.77 bits per heavy atom. The van der Waals surface area contributed by atoms with Crippen LogP contribution in [0.2, 0.25) is 5.02 Å². The van der Waals surface area contributed by atoms with Crippen molar-refractivity contribution in [3.8, 4) is 0 Å². The van der Waals surface area contributed by atoms with Gasteiger partial charge in [0.2, 0.25) is 5.91 Å². The first-order valence-corrected chi connectivity index (χ1v) is 10.8. The van der Waals surface area contributed by atoms with Crippen molar-refractivity contribution in [1.82, 2.24) is 5.32 Å². The van der Waals surface area contributed by atoms with Gasteiger partial charge in [0.25, 0.3) is 5.91 Å². The fourth-order valence-corrected chi connectivity index (χ4v) is 3.98. The molecule has 0 bridgehead atoms. The molecule has 5 nitrogen and oxygen atoms in total. The van der Waals surface area contributed by atoms with Gasteiger partial charge in [-0.25, -0.2) is 0 Å². The van der Waals surface area contributed by atoms with Crippen LogP contribution < -0.4 is 15.5 Å². The molecular formula is C24H30ClN3O2. The van der Waals surface area contributed by atoms with Crippen molar-refractivity contribution in [2.45, 2.75) is 45.6 Å². The van der Waals surface area contributed by atoms with Crippen molar-refractivity contribution in [2.75, 3.05) is 23.3 Å². The Balaban J connectivity index is 1.61. The van der Waals surface area contributed by atoms with Gasteiger partial charge in [-0.05, 0) is 69.9 Å². The van der Waals surface area contributed by atoms with Crippen LogP contribution in [0.4, 0.5) is 11.4 Å². The number of piperidine rings is 1. The average molecular weight is 428 g/mol. The molecule has 2 aromatic rings. The summed E-state index contributed by atoms with van der Waals surface area (Å²) in [5.74, 6) is 0.325. The van der Waals surface area contributed by atoms with Crippen LogP contribution in [-0.4, -0.2) is 30.4 Å². The molecule has 0 unspecified atom stereocenters.